The first kappa shape index (κ1) is 15.5. The van der Waals surface area contributed by atoms with Crippen LogP contribution in [0.25, 0.3) is 0 Å². The summed E-state index contributed by atoms with van der Waals surface area (Å²) in [6.07, 6.45) is 0. The molecule has 5 heteroatoms. The molecule has 112 valence electrons. The summed E-state index contributed by atoms with van der Waals surface area (Å²) in [4.78, 5) is 15.7. The number of rotatable bonds is 3. The predicted octanol–water partition coefficient (Wildman–Crippen LogP) is 2.19. The minimum Gasteiger partial charge on any atom is -0.340 e. The molecule has 0 aliphatic carbocycles. The molecule has 0 radical (unpaired) electrons. The van der Waals surface area contributed by atoms with E-state index in [2.05, 4.69) is 6.07 Å². The number of nitriles is 1. The molecule has 4 nitrogen and oxygen atoms in total. The molecule has 1 unspecified atom stereocenters. The highest BCUT2D eigenvalue weighted by atomic mass is 19.1. The molecule has 1 aromatic carbocycles. The maximum atomic E-state index is 13.9. The van der Waals surface area contributed by atoms with Crippen molar-refractivity contribution in [1.82, 2.24) is 9.80 Å². The number of hydrogen-bond donors (Lipinski definition) is 0. The van der Waals surface area contributed by atoms with Crippen molar-refractivity contribution in [3.8, 4) is 6.07 Å². The Balaban J connectivity index is 2.06. The zero-order valence-electron chi connectivity index (χ0n) is 12.4. The van der Waals surface area contributed by atoms with Crippen molar-refractivity contribution in [2.75, 3.05) is 26.2 Å². The number of amides is 1. The molecular formula is C16H20FN3O. The number of carbonyl (C=O) groups excluding carboxylic acids is 1. The fraction of sp³-hybridized carbons (Fsp3) is 0.500. The summed E-state index contributed by atoms with van der Waals surface area (Å²) in [5.41, 5.74) is 0.406. The summed E-state index contributed by atoms with van der Waals surface area (Å²) in [7, 11) is 0. The van der Waals surface area contributed by atoms with Crippen molar-refractivity contribution in [2.24, 2.45) is 5.92 Å². The summed E-state index contributed by atoms with van der Waals surface area (Å²) in [5, 5.41) is 9.38. The molecular weight excluding hydrogens is 269 g/mol. The third-order valence-electron chi connectivity index (χ3n) is 3.81. The second kappa shape index (κ2) is 6.68. The summed E-state index contributed by atoms with van der Waals surface area (Å²) in [5.74, 6) is -0.242. The SMILES string of the molecule is CC(C)C(=O)N1CCN(C(C#N)c2ccccc2F)CC1. The van der Waals surface area contributed by atoms with Gasteiger partial charge in [-0.15, -0.1) is 0 Å². The van der Waals surface area contributed by atoms with Crippen LogP contribution in [0.3, 0.4) is 0 Å². The average molecular weight is 289 g/mol. The van der Waals surface area contributed by atoms with Gasteiger partial charge in [0.2, 0.25) is 5.91 Å². The number of halogens is 1. The van der Waals surface area contributed by atoms with E-state index in [1.165, 1.54) is 6.07 Å². The van der Waals surface area contributed by atoms with Crippen LogP contribution in [0.1, 0.15) is 25.5 Å². The second-order valence-corrected chi connectivity index (χ2v) is 5.57. The van der Waals surface area contributed by atoms with Crippen molar-refractivity contribution < 1.29 is 9.18 Å². The Morgan fingerprint density at radius 1 is 1.24 bits per heavy atom. The van der Waals surface area contributed by atoms with Crippen LogP contribution >= 0.6 is 0 Å². The Labute approximate surface area is 124 Å². The van der Waals surface area contributed by atoms with Crippen LogP contribution in [0.4, 0.5) is 4.39 Å². The molecule has 0 spiro atoms. The van der Waals surface area contributed by atoms with Gasteiger partial charge in [-0.25, -0.2) is 4.39 Å². The zero-order chi connectivity index (χ0) is 15.4. The van der Waals surface area contributed by atoms with E-state index in [1.54, 1.807) is 18.2 Å². The minimum absolute atomic E-state index is 0.0186. The maximum absolute atomic E-state index is 13.9. The van der Waals surface area contributed by atoms with Crippen LogP contribution in [-0.2, 0) is 4.79 Å². The molecule has 1 heterocycles. The summed E-state index contributed by atoms with van der Waals surface area (Å²) in [6.45, 7) is 6.11. The highest BCUT2D eigenvalue weighted by Gasteiger charge is 2.28. The van der Waals surface area contributed by atoms with Gasteiger partial charge >= 0.3 is 0 Å². The molecule has 1 saturated heterocycles. The van der Waals surface area contributed by atoms with Gasteiger partial charge in [0.25, 0.3) is 0 Å². The molecule has 0 N–H and O–H groups in total. The van der Waals surface area contributed by atoms with Gasteiger partial charge in [-0.05, 0) is 6.07 Å². The molecule has 1 amide bonds. The third-order valence-corrected chi connectivity index (χ3v) is 3.81. The number of hydrogen-bond acceptors (Lipinski definition) is 3. The van der Waals surface area contributed by atoms with Gasteiger partial charge in [0, 0.05) is 37.7 Å². The van der Waals surface area contributed by atoms with E-state index in [0.717, 1.165) is 0 Å². The van der Waals surface area contributed by atoms with E-state index < -0.39 is 6.04 Å². The Hall–Kier alpha value is -1.93. The number of carbonyl (C=O) groups is 1. The Kier molecular flexibility index (Phi) is 4.92. The third kappa shape index (κ3) is 3.40. The molecule has 1 aromatic rings. The lowest BCUT2D eigenvalue weighted by molar-refractivity contribution is -0.136. The van der Waals surface area contributed by atoms with E-state index in [1.807, 2.05) is 23.6 Å². The Morgan fingerprint density at radius 2 is 1.86 bits per heavy atom. The summed E-state index contributed by atoms with van der Waals surface area (Å²) >= 11 is 0. The average Bonchev–Trinajstić information content (AvgIpc) is 2.50. The van der Waals surface area contributed by atoms with Crippen molar-refractivity contribution in [3.05, 3.63) is 35.6 Å². The number of piperazine rings is 1. The van der Waals surface area contributed by atoms with Gasteiger partial charge in [0.1, 0.15) is 11.9 Å². The van der Waals surface area contributed by atoms with Gasteiger partial charge in [0.05, 0.1) is 6.07 Å². The van der Waals surface area contributed by atoms with Gasteiger partial charge in [0.15, 0.2) is 0 Å². The van der Waals surface area contributed by atoms with Crippen LogP contribution in [-0.4, -0.2) is 41.9 Å². The van der Waals surface area contributed by atoms with E-state index in [-0.39, 0.29) is 17.6 Å². The Morgan fingerprint density at radius 3 is 2.38 bits per heavy atom. The Bertz CT molecular complexity index is 545. The summed E-state index contributed by atoms with van der Waals surface area (Å²) in [6, 6.07) is 7.96. The monoisotopic (exact) mass is 289 g/mol. The molecule has 1 fully saturated rings. The highest BCUT2D eigenvalue weighted by molar-refractivity contribution is 5.78. The first-order valence-corrected chi connectivity index (χ1v) is 7.21. The van der Waals surface area contributed by atoms with Crippen molar-refractivity contribution in [1.29, 1.82) is 5.26 Å². The lowest BCUT2D eigenvalue weighted by Crippen LogP contribution is -2.50. The van der Waals surface area contributed by atoms with Crippen LogP contribution < -0.4 is 0 Å². The normalized spacial score (nSPS) is 17.6. The van der Waals surface area contributed by atoms with Crippen molar-refractivity contribution >= 4 is 5.91 Å². The van der Waals surface area contributed by atoms with E-state index in [0.29, 0.717) is 31.7 Å². The second-order valence-electron chi connectivity index (χ2n) is 5.57. The van der Waals surface area contributed by atoms with Crippen LogP contribution in [0.5, 0.6) is 0 Å². The molecule has 0 aromatic heterocycles. The molecule has 0 saturated carbocycles. The maximum Gasteiger partial charge on any atom is 0.225 e. The lowest BCUT2D eigenvalue weighted by Gasteiger charge is -2.37. The summed E-state index contributed by atoms with van der Waals surface area (Å²) < 4.78 is 13.9. The zero-order valence-corrected chi connectivity index (χ0v) is 12.4. The predicted molar refractivity (Wildman–Crippen MR) is 77.7 cm³/mol. The van der Waals surface area contributed by atoms with E-state index >= 15 is 0 Å². The van der Waals surface area contributed by atoms with Gasteiger partial charge < -0.3 is 4.90 Å². The standard InChI is InChI=1S/C16H20FN3O/c1-12(2)16(21)20-9-7-19(8-10-20)15(11-18)13-5-3-4-6-14(13)17/h3-6,12,15H,7-10H2,1-2H3. The largest absolute Gasteiger partial charge is 0.340 e. The van der Waals surface area contributed by atoms with Gasteiger partial charge in [-0.1, -0.05) is 32.0 Å². The van der Waals surface area contributed by atoms with Crippen molar-refractivity contribution in [3.63, 3.8) is 0 Å². The quantitative estimate of drug-likeness (QED) is 0.857. The molecule has 2 rings (SSSR count). The minimum atomic E-state index is -0.595. The molecule has 21 heavy (non-hydrogen) atoms. The van der Waals surface area contributed by atoms with Crippen LogP contribution in [0.2, 0.25) is 0 Å². The van der Waals surface area contributed by atoms with E-state index in [9.17, 15) is 14.4 Å². The van der Waals surface area contributed by atoms with Crippen LogP contribution in [0.15, 0.2) is 24.3 Å². The molecule has 0 bridgehead atoms. The fourth-order valence-electron chi connectivity index (χ4n) is 2.61. The first-order valence-electron chi connectivity index (χ1n) is 7.21. The van der Waals surface area contributed by atoms with Gasteiger partial charge in [-0.2, -0.15) is 5.26 Å². The fourth-order valence-corrected chi connectivity index (χ4v) is 2.61. The van der Waals surface area contributed by atoms with Gasteiger partial charge in [-0.3, -0.25) is 9.69 Å². The number of nitrogens with zero attached hydrogens (tertiary/aromatic N) is 3. The van der Waals surface area contributed by atoms with E-state index in [4.69, 9.17) is 0 Å². The number of benzene rings is 1. The highest BCUT2D eigenvalue weighted by Crippen LogP contribution is 2.24. The topological polar surface area (TPSA) is 47.3 Å². The smallest absolute Gasteiger partial charge is 0.225 e. The molecule has 1 aliphatic heterocycles. The lowest BCUT2D eigenvalue weighted by atomic mass is 10.0. The molecule has 1 aliphatic rings. The van der Waals surface area contributed by atoms with Crippen molar-refractivity contribution in [2.45, 2.75) is 19.9 Å². The van der Waals surface area contributed by atoms with Crippen LogP contribution in [0, 0.1) is 23.1 Å². The molecule has 1 atom stereocenters. The first-order chi connectivity index (χ1) is 10.0.